The molecule has 3 rings (SSSR count). The van der Waals surface area contributed by atoms with Gasteiger partial charge < -0.3 is 4.98 Å². The summed E-state index contributed by atoms with van der Waals surface area (Å²) in [5.41, 5.74) is 0.655. The Balaban J connectivity index is 1.82. The molecule has 2 N–H and O–H groups in total. The Bertz CT molecular complexity index is 974. The number of aromatic amines is 1. The summed E-state index contributed by atoms with van der Waals surface area (Å²) in [5, 5.41) is 24.8. The summed E-state index contributed by atoms with van der Waals surface area (Å²) in [7, 11) is 0. The molecular formula is C15H8ClN7O. The zero-order valence-corrected chi connectivity index (χ0v) is 12.7. The maximum absolute atomic E-state index is 12.2. The molecular weight excluding hydrogens is 330 g/mol. The van der Waals surface area contributed by atoms with Crippen LogP contribution >= 0.6 is 11.6 Å². The highest BCUT2D eigenvalue weighted by molar-refractivity contribution is 6.32. The predicted octanol–water partition coefficient (Wildman–Crippen LogP) is 2.24. The molecule has 2 aromatic heterocycles. The van der Waals surface area contributed by atoms with Gasteiger partial charge in [-0.2, -0.15) is 15.6 Å². The summed E-state index contributed by atoms with van der Waals surface area (Å²) < 4.78 is 1.47. The quantitative estimate of drug-likeness (QED) is 0.758. The molecule has 116 valence electrons. The first-order valence-electron chi connectivity index (χ1n) is 6.64. The third-order valence-corrected chi connectivity index (χ3v) is 3.39. The highest BCUT2D eigenvalue weighted by Gasteiger charge is 2.15. The van der Waals surface area contributed by atoms with Gasteiger partial charge in [0.15, 0.2) is 17.1 Å². The third kappa shape index (κ3) is 2.82. The molecule has 1 aromatic carbocycles. The van der Waals surface area contributed by atoms with Gasteiger partial charge in [-0.3, -0.25) is 10.1 Å². The van der Waals surface area contributed by atoms with Gasteiger partial charge in [-0.1, -0.05) is 23.7 Å². The molecule has 0 atom stereocenters. The molecule has 0 aliphatic carbocycles. The van der Waals surface area contributed by atoms with Crippen LogP contribution < -0.4 is 5.32 Å². The molecule has 1 amide bonds. The standard InChI is InChI=1S/C15H8ClN7O/c16-9-3-1-2-4-13(9)23-6-5-10(22-23)14(24)21-15-19-11(7-17)12(8-18)20-15/h1-6H,(H2,19,20,21,24). The van der Waals surface area contributed by atoms with E-state index in [-0.39, 0.29) is 23.0 Å². The number of carbonyl (C=O) groups is 1. The van der Waals surface area contributed by atoms with Crippen molar-refractivity contribution < 1.29 is 4.79 Å². The maximum atomic E-state index is 12.2. The Morgan fingerprint density at radius 3 is 2.71 bits per heavy atom. The van der Waals surface area contributed by atoms with Crippen molar-refractivity contribution in [3.8, 4) is 17.8 Å². The van der Waals surface area contributed by atoms with E-state index in [9.17, 15) is 4.79 Å². The van der Waals surface area contributed by atoms with E-state index in [2.05, 4.69) is 20.4 Å². The first-order chi connectivity index (χ1) is 11.6. The van der Waals surface area contributed by atoms with Crippen molar-refractivity contribution >= 4 is 23.5 Å². The van der Waals surface area contributed by atoms with E-state index in [4.69, 9.17) is 22.1 Å². The van der Waals surface area contributed by atoms with E-state index in [0.717, 1.165) is 0 Å². The van der Waals surface area contributed by atoms with Gasteiger partial charge in [-0.25, -0.2) is 9.67 Å². The number of amides is 1. The number of nitrogens with one attached hydrogen (secondary N) is 2. The van der Waals surface area contributed by atoms with E-state index in [1.54, 1.807) is 42.6 Å². The summed E-state index contributed by atoms with van der Waals surface area (Å²) >= 11 is 6.09. The molecule has 0 saturated carbocycles. The first-order valence-corrected chi connectivity index (χ1v) is 7.02. The van der Waals surface area contributed by atoms with Crippen LogP contribution in [0.15, 0.2) is 36.5 Å². The summed E-state index contributed by atoms with van der Waals surface area (Å²) in [6.07, 6.45) is 1.60. The number of halogens is 1. The van der Waals surface area contributed by atoms with E-state index in [1.807, 2.05) is 0 Å². The number of hydrogen-bond acceptors (Lipinski definition) is 5. The summed E-state index contributed by atoms with van der Waals surface area (Å²) in [5.74, 6) is -0.538. The molecule has 0 spiro atoms. The molecule has 0 bridgehead atoms. The normalized spacial score (nSPS) is 9.96. The molecule has 3 aromatic rings. The smallest absolute Gasteiger partial charge is 0.278 e. The van der Waals surface area contributed by atoms with Crippen molar-refractivity contribution in [2.45, 2.75) is 0 Å². The fourth-order valence-corrected chi connectivity index (χ4v) is 2.20. The van der Waals surface area contributed by atoms with Gasteiger partial charge in [0.05, 0.1) is 10.7 Å². The number of nitriles is 2. The number of aromatic nitrogens is 4. The number of imidazole rings is 1. The van der Waals surface area contributed by atoms with Crippen molar-refractivity contribution in [1.29, 1.82) is 10.5 Å². The summed E-state index contributed by atoms with van der Waals surface area (Å²) in [4.78, 5) is 18.6. The number of hydrogen-bond donors (Lipinski definition) is 2. The van der Waals surface area contributed by atoms with E-state index in [1.165, 1.54) is 10.7 Å². The second-order valence-electron chi connectivity index (χ2n) is 4.58. The zero-order valence-electron chi connectivity index (χ0n) is 12.0. The van der Waals surface area contributed by atoms with Crippen LogP contribution in [0.1, 0.15) is 21.9 Å². The molecule has 0 radical (unpaired) electrons. The fourth-order valence-electron chi connectivity index (χ4n) is 1.98. The van der Waals surface area contributed by atoms with E-state index in [0.29, 0.717) is 10.7 Å². The second kappa shape index (κ2) is 6.24. The number of benzene rings is 1. The SMILES string of the molecule is N#Cc1nc(NC(=O)c2ccn(-c3ccccc3Cl)n2)[nH]c1C#N. The van der Waals surface area contributed by atoms with Crippen LogP contribution in [0.2, 0.25) is 5.02 Å². The lowest BCUT2D eigenvalue weighted by Crippen LogP contribution is -2.14. The highest BCUT2D eigenvalue weighted by Crippen LogP contribution is 2.19. The van der Waals surface area contributed by atoms with Crippen LogP contribution in [0, 0.1) is 22.7 Å². The molecule has 0 unspecified atom stereocenters. The average molecular weight is 338 g/mol. The van der Waals surface area contributed by atoms with Gasteiger partial charge in [0.25, 0.3) is 5.91 Å². The van der Waals surface area contributed by atoms with Gasteiger partial charge in [-0.15, -0.1) is 0 Å². The number of rotatable bonds is 3. The van der Waals surface area contributed by atoms with Gasteiger partial charge >= 0.3 is 0 Å². The number of carbonyl (C=O) groups excluding carboxylic acids is 1. The molecule has 2 heterocycles. The van der Waals surface area contributed by atoms with Gasteiger partial charge in [0, 0.05) is 6.20 Å². The Labute approximate surface area is 140 Å². The minimum atomic E-state index is -0.538. The minimum Gasteiger partial charge on any atom is -0.314 e. The molecule has 0 aliphatic rings. The average Bonchev–Trinajstić information content (AvgIpc) is 3.21. The maximum Gasteiger partial charge on any atom is 0.278 e. The topological polar surface area (TPSA) is 123 Å². The molecule has 8 nitrogen and oxygen atoms in total. The number of nitrogens with zero attached hydrogens (tertiary/aromatic N) is 5. The monoisotopic (exact) mass is 337 g/mol. The van der Waals surface area contributed by atoms with Crippen LogP contribution in [0.25, 0.3) is 5.69 Å². The Morgan fingerprint density at radius 2 is 2.04 bits per heavy atom. The van der Waals surface area contributed by atoms with E-state index >= 15 is 0 Å². The lowest BCUT2D eigenvalue weighted by molar-refractivity contribution is 0.102. The molecule has 24 heavy (non-hydrogen) atoms. The Hall–Kier alpha value is -3.62. The molecule has 0 aliphatic heterocycles. The van der Waals surface area contributed by atoms with Gasteiger partial charge in [0.1, 0.15) is 12.1 Å². The highest BCUT2D eigenvalue weighted by atomic mass is 35.5. The van der Waals surface area contributed by atoms with Crippen molar-refractivity contribution in [1.82, 2.24) is 19.7 Å². The number of anilines is 1. The number of para-hydroxylation sites is 1. The summed E-state index contributed by atoms with van der Waals surface area (Å²) in [6.45, 7) is 0. The molecule has 9 heteroatoms. The molecule has 0 fully saturated rings. The van der Waals surface area contributed by atoms with Crippen LogP contribution in [0.5, 0.6) is 0 Å². The lowest BCUT2D eigenvalue weighted by atomic mass is 10.3. The van der Waals surface area contributed by atoms with Crippen LogP contribution in [0.3, 0.4) is 0 Å². The third-order valence-electron chi connectivity index (χ3n) is 3.07. The van der Waals surface area contributed by atoms with E-state index < -0.39 is 5.91 Å². The summed E-state index contributed by atoms with van der Waals surface area (Å²) in [6, 6.07) is 12.1. The van der Waals surface area contributed by atoms with Crippen LogP contribution in [0.4, 0.5) is 5.95 Å². The number of H-pyrrole nitrogens is 1. The lowest BCUT2D eigenvalue weighted by Gasteiger charge is -2.03. The first kappa shape index (κ1) is 15.3. The van der Waals surface area contributed by atoms with Crippen LogP contribution in [-0.4, -0.2) is 25.7 Å². The van der Waals surface area contributed by atoms with Crippen molar-refractivity contribution in [3.63, 3.8) is 0 Å². The predicted molar refractivity (Wildman–Crippen MR) is 84.5 cm³/mol. The van der Waals surface area contributed by atoms with Crippen LogP contribution in [-0.2, 0) is 0 Å². The Morgan fingerprint density at radius 1 is 1.25 bits per heavy atom. The minimum absolute atomic E-state index is 0.000364. The van der Waals surface area contributed by atoms with Crippen molar-refractivity contribution in [2.24, 2.45) is 0 Å². The zero-order chi connectivity index (χ0) is 17.1. The fraction of sp³-hybridized carbons (Fsp3) is 0. The molecule has 0 saturated heterocycles. The van der Waals surface area contributed by atoms with Gasteiger partial charge in [0.2, 0.25) is 5.95 Å². The second-order valence-corrected chi connectivity index (χ2v) is 4.99. The van der Waals surface area contributed by atoms with Crippen molar-refractivity contribution in [2.75, 3.05) is 5.32 Å². The van der Waals surface area contributed by atoms with Crippen molar-refractivity contribution in [3.05, 3.63) is 58.6 Å². The van der Waals surface area contributed by atoms with Gasteiger partial charge in [-0.05, 0) is 18.2 Å². The largest absolute Gasteiger partial charge is 0.314 e. The Kier molecular flexibility index (Phi) is 3.98.